The summed E-state index contributed by atoms with van der Waals surface area (Å²) in [4.78, 5) is 17.1. The molecule has 0 saturated heterocycles. The van der Waals surface area contributed by atoms with Gasteiger partial charge in [0.15, 0.2) is 0 Å². The molecule has 0 aliphatic rings. The third-order valence-corrected chi connectivity index (χ3v) is 4.07. The molecule has 1 N–H and O–H groups in total. The number of hydrogen-bond donors (Lipinski definition) is 1. The normalized spacial score (nSPS) is 11.8. The van der Waals surface area contributed by atoms with Crippen molar-refractivity contribution in [3.8, 4) is 11.5 Å². The number of carbonyl (C=O) groups is 1. The Morgan fingerprint density at radius 2 is 1.85 bits per heavy atom. The molecular formula is C18H21N5O3. The largest absolute Gasteiger partial charge is 0.497 e. The van der Waals surface area contributed by atoms with Crippen LogP contribution in [0.15, 0.2) is 43.0 Å². The number of rotatable bonds is 6. The van der Waals surface area contributed by atoms with Crippen molar-refractivity contribution in [3.63, 3.8) is 0 Å². The van der Waals surface area contributed by atoms with Crippen molar-refractivity contribution >= 4 is 5.91 Å². The first-order chi connectivity index (χ1) is 12.5. The second kappa shape index (κ2) is 7.30. The van der Waals surface area contributed by atoms with E-state index >= 15 is 0 Å². The highest BCUT2D eigenvalue weighted by Gasteiger charge is 2.23. The fourth-order valence-electron chi connectivity index (χ4n) is 2.70. The van der Waals surface area contributed by atoms with Crippen molar-refractivity contribution in [2.75, 3.05) is 14.2 Å². The lowest BCUT2D eigenvalue weighted by atomic mass is 10.0. The van der Waals surface area contributed by atoms with Crippen LogP contribution in [-0.4, -0.2) is 39.5 Å². The summed E-state index contributed by atoms with van der Waals surface area (Å²) >= 11 is 0. The van der Waals surface area contributed by atoms with Crippen LogP contribution in [0.1, 0.15) is 27.8 Å². The molecule has 3 rings (SSSR count). The minimum Gasteiger partial charge on any atom is -0.497 e. The second-order valence-electron chi connectivity index (χ2n) is 5.85. The molecule has 1 amide bonds. The number of carbonyl (C=O) groups excluding carboxylic acids is 1. The highest BCUT2D eigenvalue weighted by molar-refractivity contribution is 5.94. The summed E-state index contributed by atoms with van der Waals surface area (Å²) in [5.74, 6) is 1.72. The van der Waals surface area contributed by atoms with Gasteiger partial charge in [-0.05, 0) is 17.7 Å². The fourth-order valence-corrected chi connectivity index (χ4v) is 2.70. The van der Waals surface area contributed by atoms with Gasteiger partial charge in [-0.3, -0.25) is 9.48 Å². The zero-order chi connectivity index (χ0) is 18.7. The first-order valence-corrected chi connectivity index (χ1v) is 8.01. The summed E-state index contributed by atoms with van der Waals surface area (Å²) in [6.45, 7) is 0. The van der Waals surface area contributed by atoms with Gasteiger partial charge in [-0.25, -0.2) is 4.98 Å². The van der Waals surface area contributed by atoms with Crippen molar-refractivity contribution in [3.05, 3.63) is 59.9 Å². The molecule has 3 aromatic rings. The number of aryl methyl sites for hydroxylation is 2. The first kappa shape index (κ1) is 17.5. The molecule has 0 fully saturated rings. The SMILES string of the molecule is COc1cc(OC)cc(C(NC(=O)c2cnn(C)c2)c2nccn2C)c1. The molecular weight excluding hydrogens is 334 g/mol. The van der Waals surface area contributed by atoms with Gasteiger partial charge in [0.05, 0.1) is 26.0 Å². The average Bonchev–Trinajstić information content (AvgIpc) is 3.27. The Labute approximate surface area is 151 Å². The van der Waals surface area contributed by atoms with Crippen molar-refractivity contribution in [2.24, 2.45) is 14.1 Å². The predicted octanol–water partition coefficient (Wildman–Crippen LogP) is 1.69. The van der Waals surface area contributed by atoms with E-state index in [0.717, 1.165) is 5.56 Å². The zero-order valence-corrected chi connectivity index (χ0v) is 15.1. The molecule has 0 aliphatic heterocycles. The van der Waals surface area contributed by atoms with Gasteiger partial charge in [0.1, 0.15) is 23.4 Å². The molecule has 2 aromatic heterocycles. The summed E-state index contributed by atoms with van der Waals surface area (Å²) in [7, 11) is 6.81. The minimum atomic E-state index is -0.480. The third-order valence-electron chi connectivity index (χ3n) is 4.07. The number of methoxy groups -OCH3 is 2. The van der Waals surface area contributed by atoms with E-state index < -0.39 is 6.04 Å². The molecule has 2 heterocycles. The van der Waals surface area contributed by atoms with Gasteiger partial charge >= 0.3 is 0 Å². The molecule has 1 aromatic carbocycles. The Bertz CT molecular complexity index is 893. The molecule has 0 radical (unpaired) electrons. The van der Waals surface area contributed by atoms with Gasteiger partial charge in [-0.15, -0.1) is 0 Å². The summed E-state index contributed by atoms with van der Waals surface area (Å²) in [6, 6.07) is 5.00. The van der Waals surface area contributed by atoms with Crippen molar-refractivity contribution < 1.29 is 14.3 Å². The Morgan fingerprint density at radius 1 is 1.15 bits per heavy atom. The Balaban J connectivity index is 2.02. The monoisotopic (exact) mass is 355 g/mol. The zero-order valence-electron chi connectivity index (χ0n) is 15.1. The smallest absolute Gasteiger partial charge is 0.255 e. The molecule has 136 valence electrons. The number of imidazole rings is 1. The first-order valence-electron chi connectivity index (χ1n) is 8.01. The lowest BCUT2D eigenvalue weighted by Crippen LogP contribution is -2.31. The van der Waals surface area contributed by atoms with E-state index in [2.05, 4.69) is 15.4 Å². The van der Waals surface area contributed by atoms with E-state index in [1.807, 2.05) is 29.9 Å². The maximum absolute atomic E-state index is 12.7. The van der Waals surface area contributed by atoms with E-state index in [4.69, 9.17) is 9.47 Å². The van der Waals surface area contributed by atoms with Crippen LogP contribution >= 0.6 is 0 Å². The van der Waals surface area contributed by atoms with Gasteiger partial charge in [0.25, 0.3) is 5.91 Å². The fraction of sp³-hybridized carbons (Fsp3) is 0.278. The van der Waals surface area contributed by atoms with Gasteiger partial charge < -0.3 is 19.4 Å². The minimum absolute atomic E-state index is 0.243. The topological polar surface area (TPSA) is 83.2 Å². The van der Waals surface area contributed by atoms with Crippen molar-refractivity contribution in [1.82, 2.24) is 24.6 Å². The highest BCUT2D eigenvalue weighted by Crippen LogP contribution is 2.29. The quantitative estimate of drug-likeness (QED) is 0.727. The van der Waals surface area contributed by atoms with Gasteiger partial charge in [0.2, 0.25) is 0 Å². The highest BCUT2D eigenvalue weighted by atomic mass is 16.5. The van der Waals surface area contributed by atoms with Gasteiger partial charge in [-0.1, -0.05) is 0 Å². The van der Waals surface area contributed by atoms with Crippen LogP contribution in [0.5, 0.6) is 11.5 Å². The van der Waals surface area contributed by atoms with E-state index in [9.17, 15) is 4.79 Å². The number of aromatic nitrogens is 4. The van der Waals surface area contributed by atoms with Gasteiger partial charge in [-0.2, -0.15) is 5.10 Å². The van der Waals surface area contributed by atoms with Crippen molar-refractivity contribution in [1.29, 1.82) is 0 Å². The van der Waals surface area contributed by atoms with Gasteiger partial charge in [0, 0.05) is 38.8 Å². The van der Waals surface area contributed by atoms with Crippen LogP contribution < -0.4 is 14.8 Å². The number of nitrogens with one attached hydrogen (secondary N) is 1. The van der Waals surface area contributed by atoms with Crippen LogP contribution in [-0.2, 0) is 14.1 Å². The number of benzene rings is 1. The standard InChI is InChI=1S/C18H21N5O3/c1-22-6-5-19-17(22)16(21-18(24)13-10-20-23(2)11-13)12-7-14(25-3)9-15(8-12)26-4/h5-11,16H,1-4H3,(H,21,24). The van der Waals surface area contributed by atoms with Crippen LogP contribution in [0.3, 0.4) is 0 Å². The van der Waals surface area contributed by atoms with Crippen LogP contribution in [0.2, 0.25) is 0 Å². The van der Waals surface area contributed by atoms with E-state index in [1.54, 1.807) is 44.4 Å². The maximum atomic E-state index is 12.7. The molecule has 1 unspecified atom stereocenters. The Morgan fingerprint density at radius 3 is 2.35 bits per heavy atom. The number of ether oxygens (including phenoxy) is 2. The molecule has 0 aliphatic carbocycles. The molecule has 0 spiro atoms. The van der Waals surface area contributed by atoms with Crippen LogP contribution in [0.25, 0.3) is 0 Å². The molecule has 8 nitrogen and oxygen atoms in total. The van der Waals surface area contributed by atoms with E-state index in [0.29, 0.717) is 22.9 Å². The van der Waals surface area contributed by atoms with Crippen LogP contribution in [0, 0.1) is 0 Å². The second-order valence-corrected chi connectivity index (χ2v) is 5.85. The number of nitrogens with zero attached hydrogens (tertiary/aromatic N) is 4. The lowest BCUT2D eigenvalue weighted by molar-refractivity contribution is 0.0941. The Hall–Kier alpha value is -3.29. The molecule has 1 atom stereocenters. The molecule has 26 heavy (non-hydrogen) atoms. The van der Waals surface area contributed by atoms with E-state index in [-0.39, 0.29) is 5.91 Å². The summed E-state index contributed by atoms with van der Waals surface area (Å²) in [5.41, 5.74) is 1.27. The molecule has 0 saturated carbocycles. The Kier molecular flexibility index (Phi) is 4.92. The maximum Gasteiger partial charge on any atom is 0.255 e. The summed E-state index contributed by atoms with van der Waals surface area (Å²) in [6.07, 6.45) is 6.71. The summed E-state index contributed by atoms with van der Waals surface area (Å²) in [5, 5.41) is 7.07. The third kappa shape index (κ3) is 3.53. The lowest BCUT2D eigenvalue weighted by Gasteiger charge is -2.20. The number of hydrogen-bond acceptors (Lipinski definition) is 5. The number of amides is 1. The molecule has 8 heteroatoms. The average molecular weight is 355 g/mol. The molecule has 0 bridgehead atoms. The van der Waals surface area contributed by atoms with E-state index in [1.165, 1.54) is 6.20 Å². The predicted molar refractivity (Wildman–Crippen MR) is 95.3 cm³/mol. The summed E-state index contributed by atoms with van der Waals surface area (Å²) < 4.78 is 14.2. The van der Waals surface area contributed by atoms with Crippen molar-refractivity contribution in [2.45, 2.75) is 6.04 Å². The van der Waals surface area contributed by atoms with Crippen LogP contribution in [0.4, 0.5) is 0 Å².